The van der Waals surface area contributed by atoms with Crippen molar-refractivity contribution in [2.45, 2.75) is 70.9 Å². The average Bonchev–Trinajstić information content (AvgIpc) is 2.92. The fourth-order valence-corrected chi connectivity index (χ4v) is 5.37. The molecule has 0 radical (unpaired) electrons. The SMILES string of the molecule is CNC1C(CN2CCC3CCCCC32)CCC1(C)C. The van der Waals surface area contributed by atoms with Crippen LogP contribution in [0.4, 0.5) is 0 Å². The lowest BCUT2D eigenvalue weighted by atomic mass is 9.83. The lowest BCUT2D eigenvalue weighted by Crippen LogP contribution is -2.46. The van der Waals surface area contributed by atoms with Crippen LogP contribution in [0.25, 0.3) is 0 Å². The van der Waals surface area contributed by atoms with Crippen LogP contribution in [0.15, 0.2) is 0 Å². The highest BCUT2D eigenvalue weighted by Gasteiger charge is 2.43. The molecule has 2 heteroatoms. The van der Waals surface area contributed by atoms with E-state index in [1.807, 2.05) is 0 Å². The van der Waals surface area contributed by atoms with Crippen molar-refractivity contribution in [2.24, 2.45) is 17.3 Å². The Bertz CT molecular complexity index is 312. The van der Waals surface area contributed by atoms with Crippen molar-refractivity contribution < 1.29 is 0 Å². The van der Waals surface area contributed by atoms with Gasteiger partial charge in [-0.3, -0.25) is 4.90 Å². The Morgan fingerprint density at radius 2 is 1.89 bits per heavy atom. The molecule has 2 nitrogen and oxygen atoms in total. The van der Waals surface area contributed by atoms with Crippen LogP contribution in [0.5, 0.6) is 0 Å². The molecular formula is C17H32N2. The minimum absolute atomic E-state index is 0.491. The van der Waals surface area contributed by atoms with E-state index in [0.717, 1.165) is 23.9 Å². The van der Waals surface area contributed by atoms with Crippen LogP contribution in [-0.4, -0.2) is 37.1 Å². The van der Waals surface area contributed by atoms with E-state index in [0.29, 0.717) is 5.41 Å². The van der Waals surface area contributed by atoms with E-state index in [9.17, 15) is 0 Å². The molecule has 2 aliphatic carbocycles. The molecule has 3 rings (SSSR count). The van der Waals surface area contributed by atoms with Crippen LogP contribution in [0, 0.1) is 17.3 Å². The quantitative estimate of drug-likeness (QED) is 0.841. The van der Waals surface area contributed by atoms with Gasteiger partial charge in [-0.05, 0) is 62.9 Å². The maximum absolute atomic E-state index is 3.62. The van der Waals surface area contributed by atoms with Gasteiger partial charge in [0.05, 0.1) is 0 Å². The zero-order valence-electron chi connectivity index (χ0n) is 13.1. The molecule has 0 spiro atoms. The molecule has 4 atom stereocenters. The van der Waals surface area contributed by atoms with Gasteiger partial charge in [-0.1, -0.05) is 26.7 Å². The first-order valence-electron chi connectivity index (χ1n) is 8.53. The normalized spacial score (nSPS) is 42.5. The predicted molar refractivity (Wildman–Crippen MR) is 81.3 cm³/mol. The maximum atomic E-state index is 3.62. The molecule has 1 aliphatic heterocycles. The van der Waals surface area contributed by atoms with Gasteiger partial charge in [-0.15, -0.1) is 0 Å². The Morgan fingerprint density at radius 1 is 1.11 bits per heavy atom. The van der Waals surface area contributed by atoms with Gasteiger partial charge in [-0.25, -0.2) is 0 Å². The molecule has 0 bridgehead atoms. The number of fused-ring (bicyclic) bond motifs is 1. The number of likely N-dealkylation sites (tertiary alicyclic amines) is 1. The maximum Gasteiger partial charge on any atom is 0.0156 e. The fraction of sp³-hybridized carbons (Fsp3) is 1.00. The van der Waals surface area contributed by atoms with Crippen molar-refractivity contribution in [1.82, 2.24) is 10.2 Å². The highest BCUT2D eigenvalue weighted by Crippen LogP contribution is 2.43. The molecule has 0 aromatic rings. The second-order valence-electron chi connectivity index (χ2n) is 7.95. The summed E-state index contributed by atoms with van der Waals surface area (Å²) in [6.45, 7) is 7.63. The van der Waals surface area contributed by atoms with Crippen molar-refractivity contribution in [1.29, 1.82) is 0 Å². The van der Waals surface area contributed by atoms with Crippen molar-refractivity contribution in [2.75, 3.05) is 20.1 Å². The first-order valence-corrected chi connectivity index (χ1v) is 8.53. The van der Waals surface area contributed by atoms with Crippen molar-refractivity contribution >= 4 is 0 Å². The highest BCUT2D eigenvalue weighted by atomic mass is 15.2. The summed E-state index contributed by atoms with van der Waals surface area (Å²) in [6, 6.07) is 1.66. The van der Waals surface area contributed by atoms with E-state index < -0.39 is 0 Å². The third kappa shape index (κ3) is 2.58. The summed E-state index contributed by atoms with van der Waals surface area (Å²) in [5.74, 6) is 1.91. The number of nitrogens with one attached hydrogen (secondary N) is 1. The molecule has 1 saturated heterocycles. The van der Waals surface area contributed by atoms with Gasteiger partial charge in [-0.2, -0.15) is 0 Å². The predicted octanol–water partition coefficient (Wildman–Crippen LogP) is 3.28. The Kier molecular flexibility index (Phi) is 3.92. The smallest absolute Gasteiger partial charge is 0.0156 e. The summed E-state index contributed by atoms with van der Waals surface area (Å²) in [7, 11) is 2.16. The standard InChI is InChI=1S/C17H32N2/c1-17(2)10-8-14(16(17)18-3)12-19-11-9-13-6-4-5-7-15(13)19/h13-16,18H,4-12H2,1-3H3. The molecule has 0 amide bonds. The molecule has 110 valence electrons. The van der Waals surface area contributed by atoms with Gasteiger partial charge in [0.25, 0.3) is 0 Å². The van der Waals surface area contributed by atoms with E-state index in [2.05, 4.69) is 31.1 Å². The van der Waals surface area contributed by atoms with E-state index in [-0.39, 0.29) is 0 Å². The number of hydrogen-bond acceptors (Lipinski definition) is 2. The lowest BCUT2D eigenvalue weighted by Gasteiger charge is -2.36. The van der Waals surface area contributed by atoms with Crippen LogP contribution < -0.4 is 5.32 Å². The van der Waals surface area contributed by atoms with Gasteiger partial charge in [0.2, 0.25) is 0 Å². The van der Waals surface area contributed by atoms with E-state index in [1.165, 1.54) is 58.0 Å². The first kappa shape index (κ1) is 13.9. The molecule has 0 aromatic heterocycles. The van der Waals surface area contributed by atoms with Gasteiger partial charge in [0, 0.05) is 18.6 Å². The molecule has 19 heavy (non-hydrogen) atoms. The Balaban J connectivity index is 1.62. The van der Waals surface area contributed by atoms with Crippen LogP contribution in [0.2, 0.25) is 0 Å². The number of nitrogens with zero attached hydrogens (tertiary/aromatic N) is 1. The lowest BCUT2D eigenvalue weighted by molar-refractivity contribution is 0.142. The van der Waals surface area contributed by atoms with Crippen molar-refractivity contribution in [3.05, 3.63) is 0 Å². The van der Waals surface area contributed by atoms with Crippen LogP contribution in [0.1, 0.15) is 58.8 Å². The zero-order chi connectivity index (χ0) is 13.5. The molecule has 3 fully saturated rings. The topological polar surface area (TPSA) is 15.3 Å². The molecule has 2 saturated carbocycles. The summed E-state index contributed by atoms with van der Waals surface area (Å²) in [4.78, 5) is 2.86. The molecule has 0 aromatic carbocycles. The molecule has 3 aliphatic rings. The minimum Gasteiger partial charge on any atom is -0.316 e. The van der Waals surface area contributed by atoms with Gasteiger partial charge in [0.15, 0.2) is 0 Å². The fourth-order valence-electron chi connectivity index (χ4n) is 5.37. The summed E-state index contributed by atoms with van der Waals surface area (Å²) in [6.07, 6.45) is 10.2. The molecule has 1 heterocycles. The van der Waals surface area contributed by atoms with E-state index >= 15 is 0 Å². The van der Waals surface area contributed by atoms with E-state index in [4.69, 9.17) is 0 Å². The summed E-state index contributed by atoms with van der Waals surface area (Å²) < 4.78 is 0. The largest absolute Gasteiger partial charge is 0.316 e. The summed E-state index contributed by atoms with van der Waals surface area (Å²) >= 11 is 0. The highest BCUT2D eigenvalue weighted by molar-refractivity contribution is 4.99. The first-order chi connectivity index (χ1) is 9.12. The Labute approximate surface area is 119 Å². The molecular weight excluding hydrogens is 232 g/mol. The third-order valence-corrected chi connectivity index (χ3v) is 6.38. The molecule has 1 N–H and O–H groups in total. The monoisotopic (exact) mass is 264 g/mol. The van der Waals surface area contributed by atoms with Gasteiger partial charge in [0.1, 0.15) is 0 Å². The van der Waals surface area contributed by atoms with Crippen LogP contribution in [0.3, 0.4) is 0 Å². The number of rotatable bonds is 3. The Morgan fingerprint density at radius 3 is 2.68 bits per heavy atom. The zero-order valence-corrected chi connectivity index (χ0v) is 13.1. The third-order valence-electron chi connectivity index (χ3n) is 6.38. The van der Waals surface area contributed by atoms with Crippen LogP contribution in [-0.2, 0) is 0 Å². The van der Waals surface area contributed by atoms with E-state index in [1.54, 1.807) is 0 Å². The number of hydrogen-bond donors (Lipinski definition) is 1. The molecule has 4 unspecified atom stereocenters. The summed E-state index contributed by atoms with van der Waals surface area (Å²) in [5, 5.41) is 3.62. The second kappa shape index (κ2) is 5.37. The van der Waals surface area contributed by atoms with Gasteiger partial charge >= 0.3 is 0 Å². The second-order valence-corrected chi connectivity index (χ2v) is 7.95. The van der Waals surface area contributed by atoms with Crippen LogP contribution >= 0.6 is 0 Å². The van der Waals surface area contributed by atoms with Crippen molar-refractivity contribution in [3.63, 3.8) is 0 Å². The van der Waals surface area contributed by atoms with Crippen molar-refractivity contribution in [3.8, 4) is 0 Å². The van der Waals surface area contributed by atoms with Gasteiger partial charge < -0.3 is 5.32 Å². The Hall–Kier alpha value is -0.0800. The minimum atomic E-state index is 0.491. The average molecular weight is 264 g/mol. The summed E-state index contributed by atoms with van der Waals surface area (Å²) in [5.41, 5.74) is 0.491.